The van der Waals surface area contributed by atoms with Crippen LogP contribution in [0.2, 0.25) is 0 Å². The average Bonchev–Trinajstić information content (AvgIpc) is 2.95. The average molecular weight is 515 g/mol. The largest absolute Gasteiger partial charge is 0.418 e. The van der Waals surface area contributed by atoms with Crippen LogP contribution in [-0.2, 0) is 15.8 Å². The van der Waals surface area contributed by atoms with Crippen molar-refractivity contribution in [1.82, 2.24) is 4.90 Å². The van der Waals surface area contributed by atoms with Gasteiger partial charge in [0, 0.05) is 4.47 Å². The standard InChI is InChI=1S/C20H14BrF3N2O2S2/c1-11(17(27)25-15-5-3-2-4-14(15)20(22,23)24)26-18(28)16(30-19(26)29)10-12-6-8-13(21)9-7-12/h2-11H,1H3,(H,25,27)/b16-10-. The van der Waals surface area contributed by atoms with Crippen LogP contribution in [0, 0.1) is 0 Å². The summed E-state index contributed by atoms with van der Waals surface area (Å²) in [7, 11) is 0. The second-order valence-corrected chi connectivity index (χ2v) is 8.90. The van der Waals surface area contributed by atoms with Crippen molar-refractivity contribution in [2.45, 2.75) is 19.1 Å². The normalized spacial score (nSPS) is 16.8. The van der Waals surface area contributed by atoms with Crippen LogP contribution >= 0.6 is 39.9 Å². The van der Waals surface area contributed by atoms with E-state index in [1.54, 1.807) is 18.2 Å². The van der Waals surface area contributed by atoms with Crippen LogP contribution < -0.4 is 5.32 Å². The van der Waals surface area contributed by atoms with E-state index in [1.165, 1.54) is 19.1 Å². The van der Waals surface area contributed by atoms with Gasteiger partial charge in [0.2, 0.25) is 5.91 Å². The fraction of sp³-hybridized carbons (Fsp3) is 0.150. The number of thiocarbonyl (C=S) groups is 1. The van der Waals surface area contributed by atoms with Crippen LogP contribution in [0.4, 0.5) is 18.9 Å². The van der Waals surface area contributed by atoms with Gasteiger partial charge in [-0.1, -0.05) is 64.2 Å². The Morgan fingerprint density at radius 3 is 2.47 bits per heavy atom. The van der Waals surface area contributed by atoms with E-state index in [-0.39, 0.29) is 10.0 Å². The Hall–Kier alpha value is -2.17. The molecule has 4 nitrogen and oxygen atoms in total. The lowest BCUT2D eigenvalue weighted by Gasteiger charge is -2.23. The number of alkyl halides is 3. The maximum Gasteiger partial charge on any atom is 0.418 e. The van der Waals surface area contributed by atoms with Gasteiger partial charge in [-0.15, -0.1) is 0 Å². The lowest BCUT2D eigenvalue weighted by atomic mass is 10.1. The van der Waals surface area contributed by atoms with Gasteiger partial charge in [-0.2, -0.15) is 13.2 Å². The molecule has 3 rings (SSSR count). The van der Waals surface area contributed by atoms with E-state index >= 15 is 0 Å². The number of nitrogens with one attached hydrogen (secondary N) is 1. The first kappa shape index (κ1) is 22.5. The third-order valence-electron chi connectivity index (χ3n) is 4.25. The molecule has 0 aliphatic carbocycles. The number of carbonyl (C=O) groups excluding carboxylic acids is 2. The van der Waals surface area contributed by atoms with Gasteiger partial charge in [0.15, 0.2) is 0 Å². The molecule has 0 saturated carbocycles. The summed E-state index contributed by atoms with van der Waals surface area (Å²) in [5, 5.41) is 2.26. The molecule has 2 amide bonds. The highest BCUT2D eigenvalue weighted by Gasteiger charge is 2.39. The second kappa shape index (κ2) is 8.91. The van der Waals surface area contributed by atoms with Crippen LogP contribution in [-0.4, -0.2) is 27.1 Å². The Morgan fingerprint density at radius 2 is 1.83 bits per heavy atom. The molecule has 2 aromatic carbocycles. The van der Waals surface area contributed by atoms with Crippen molar-refractivity contribution in [3.8, 4) is 0 Å². The molecule has 1 N–H and O–H groups in total. The Bertz CT molecular complexity index is 1040. The predicted octanol–water partition coefficient (Wildman–Crippen LogP) is 5.70. The quantitative estimate of drug-likeness (QED) is 0.420. The molecule has 1 heterocycles. The SMILES string of the molecule is CC(C(=O)Nc1ccccc1C(F)(F)F)N1C(=O)/C(=C/c2ccc(Br)cc2)SC1=S. The summed E-state index contributed by atoms with van der Waals surface area (Å²) in [6.07, 6.45) is -2.97. The molecule has 0 radical (unpaired) electrons. The molecule has 1 aliphatic rings. The van der Waals surface area contributed by atoms with Crippen molar-refractivity contribution >= 4 is 67.8 Å². The zero-order valence-corrected chi connectivity index (χ0v) is 18.6. The molecule has 1 fully saturated rings. The highest BCUT2D eigenvalue weighted by molar-refractivity contribution is 9.10. The molecule has 2 aromatic rings. The maximum absolute atomic E-state index is 13.2. The lowest BCUT2D eigenvalue weighted by Crippen LogP contribution is -2.44. The summed E-state index contributed by atoms with van der Waals surface area (Å²) >= 11 is 9.61. The highest BCUT2D eigenvalue weighted by Crippen LogP contribution is 2.36. The molecular weight excluding hydrogens is 501 g/mol. The number of anilines is 1. The van der Waals surface area contributed by atoms with Crippen LogP contribution in [0.5, 0.6) is 0 Å². The first-order chi connectivity index (χ1) is 14.1. The molecule has 0 aromatic heterocycles. The number of benzene rings is 2. The number of halogens is 4. The molecular formula is C20H14BrF3N2O2S2. The van der Waals surface area contributed by atoms with Gasteiger partial charge < -0.3 is 5.32 Å². The fourth-order valence-corrected chi connectivity index (χ4v) is 4.40. The van der Waals surface area contributed by atoms with Crippen LogP contribution in [0.1, 0.15) is 18.1 Å². The summed E-state index contributed by atoms with van der Waals surface area (Å²) in [5.41, 5.74) is -0.571. The van der Waals surface area contributed by atoms with Gasteiger partial charge in [0.05, 0.1) is 16.2 Å². The minimum Gasteiger partial charge on any atom is -0.324 e. The Morgan fingerprint density at radius 1 is 1.20 bits per heavy atom. The molecule has 1 unspecified atom stereocenters. The van der Waals surface area contributed by atoms with Crippen molar-refractivity contribution < 1.29 is 22.8 Å². The zero-order valence-electron chi connectivity index (χ0n) is 15.4. The second-order valence-electron chi connectivity index (χ2n) is 6.31. The van der Waals surface area contributed by atoms with Crippen molar-refractivity contribution in [3.05, 3.63) is 69.0 Å². The fourth-order valence-electron chi connectivity index (χ4n) is 2.72. The number of thioether (sulfide) groups is 1. The molecule has 1 atom stereocenters. The lowest BCUT2D eigenvalue weighted by molar-refractivity contribution is -0.137. The van der Waals surface area contributed by atoms with Crippen molar-refractivity contribution in [2.24, 2.45) is 0 Å². The minimum absolute atomic E-state index is 0.162. The first-order valence-corrected chi connectivity index (χ1v) is 10.6. The number of para-hydroxylation sites is 1. The van der Waals surface area contributed by atoms with Gasteiger partial charge in [0.1, 0.15) is 10.4 Å². The van der Waals surface area contributed by atoms with E-state index < -0.39 is 29.6 Å². The number of carbonyl (C=O) groups is 2. The summed E-state index contributed by atoms with van der Waals surface area (Å²) < 4.78 is 40.5. The summed E-state index contributed by atoms with van der Waals surface area (Å²) in [6.45, 7) is 1.42. The number of hydrogen-bond acceptors (Lipinski definition) is 4. The first-order valence-electron chi connectivity index (χ1n) is 8.57. The van der Waals surface area contributed by atoms with Gasteiger partial charge >= 0.3 is 6.18 Å². The van der Waals surface area contributed by atoms with E-state index in [0.717, 1.165) is 38.8 Å². The molecule has 0 bridgehead atoms. The zero-order chi connectivity index (χ0) is 22.1. The third kappa shape index (κ3) is 4.93. The molecule has 1 saturated heterocycles. The van der Waals surface area contributed by atoms with Crippen molar-refractivity contribution in [1.29, 1.82) is 0 Å². The van der Waals surface area contributed by atoms with Crippen molar-refractivity contribution in [2.75, 3.05) is 5.32 Å². The number of rotatable bonds is 4. The number of nitrogens with zero attached hydrogens (tertiary/aromatic N) is 1. The van der Waals surface area contributed by atoms with Crippen LogP contribution in [0.15, 0.2) is 57.9 Å². The summed E-state index contributed by atoms with van der Waals surface area (Å²) in [4.78, 5) is 26.8. The van der Waals surface area contributed by atoms with Gasteiger partial charge in [0.25, 0.3) is 5.91 Å². The van der Waals surface area contributed by atoms with E-state index in [9.17, 15) is 22.8 Å². The minimum atomic E-state index is -4.62. The summed E-state index contributed by atoms with van der Waals surface area (Å²) in [5.74, 6) is -1.24. The molecule has 10 heteroatoms. The Balaban J connectivity index is 1.79. The predicted molar refractivity (Wildman–Crippen MR) is 119 cm³/mol. The topological polar surface area (TPSA) is 49.4 Å². The summed E-state index contributed by atoms with van der Waals surface area (Å²) in [6, 6.07) is 10.8. The third-order valence-corrected chi connectivity index (χ3v) is 6.11. The van der Waals surface area contributed by atoms with E-state index in [1.807, 2.05) is 12.1 Å². The number of amides is 2. The number of hydrogen-bond donors (Lipinski definition) is 1. The molecule has 1 aliphatic heterocycles. The molecule has 156 valence electrons. The monoisotopic (exact) mass is 514 g/mol. The van der Waals surface area contributed by atoms with Gasteiger partial charge in [-0.3, -0.25) is 14.5 Å². The van der Waals surface area contributed by atoms with Crippen LogP contribution in [0.25, 0.3) is 6.08 Å². The van der Waals surface area contributed by atoms with Crippen LogP contribution in [0.3, 0.4) is 0 Å². The molecule has 30 heavy (non-hydrogen) atoms. The highest BCUT2D eigenvalue weighted by atomic mass is 79.9. The van der Waals surface area contributed by atoms with E-state index in [4.69, 9.17) is 12.2 Å². The molecule has 0 spiro atoms. The smallest absolute Gasteiger partial charge is 0.324 e. The van der Waals surface area contributed by atoms with Gasteiger partial charge in [-0.05, 0) is 42.8 Å². The maximum atomic E-state index is 13.2. The van der Waals surface area contributed by atoms with Gasteiger partial charge in [-0.25, -0.2) is 0 Å². The van der Waals surface area contributed by atoms with Crippen molar-refractivity contribution in [3.63, 3.8) is 0 Å². The Kier molecular flexibility index (Phi) is 6.68. The Labute approximate surface area is 188 Å². The van der Waals surface area contributed by atoms with E-state index in [2.05, 4.69) is 21.2 Å². The van der Waals surface area contributed by atoms with E-state index in [0.29, 0.717) is 4.91 Å².